The van der Waals surface area contributed by atoms with Gasteiger partial charge in [0.1, 0.15) is 18.2 Å². The van der Waals surface area contributed by atoms with Gasteiger partial charge in [-0.25, -0.2) is 9.78 Å². The molecule has 3 aliphatic heterocycles. The Labute approximate surface area is 265 Å². The molecule has 1 unspecified atom stereocenters. The lowest BCUT2D eigenvalue weighted by Crippen LogP contribution is -2.41. The second-order valence-corrected chi connectivity index (χ2v) is 13.5. The van der Waals surface area contributed by atoms with Gasteiger partial charge in [0.2, 0.25) is 0 Å². The van der Waals surface area contributed by atoms with Gasteiger partial charge in [-0.05, 0) is 64.9 Å². The van der Waals surface area contributed by atoms with E-state index in [0.717, 1.165) is 67.2 Å². The lowest BCUT2D eigenvalue weighted by Gasteiger charge is -2.41. The summed E-state index contributed by atoms with van der Waals surface area (Å²) >= 11 is 0. The molecule has 6 heterocycles. The molecular weight excluding hydrogens is 568 g/mol. The number of aryl methyl sites for hydroxylation is 1. The van der Waals surface area contributed by atoms with Crippen molar-refractivity contribution in [2.45, 2.75) is 78.6 Å². The number of esters is 1. The highest BCUT2D eigenvalue weighted by atomic mass is 16.6. The number of aromatic nitrogens is 5. The topological polar surface area (TPSA) is 96.0 Å². The van der Waals surface area contributed by atoms with Crippen LogP contribution in [0.3, 0.4) is 0 Å². The van der Waals surface area contributed by atoms with Gasteiger partial charge in [0.25, 0.3) is 0 Å². The molecule has 0 amide bonds. The van der Waals surface area contributed by atoms with Gasteiger partial charge in [0, 0.05) is 42.2 Å². The fraction of sp³-hybridized carbons (Fsp3) is 0.486. The number of fused-ring (bicyclic) bond motifs is 6. The molecule has 1 saturated heterocycles. The van der Waals surface area contributed by atoms with E-state index in [1.165, 1.54) is 7.11 Å². The summed E-state index contributed by atoms with van der Waals surface area (Å²) in [6, 6.07) is 10.1. The van der Waals surface area contributed by atoms with Crippen molar-refractivity contribution < 1.29 is 19.0 Å². The summed E-state index contributed by atoms with van der Waals surface area (Å²) in [4.78, 5) is 20.6. The van der Waals surface area contributed by atoms with Gasteiger partial charge in [0.15, 0.2) is 11.8 Å². The number of benzene rings is 1. The van der Waals surface area contributed by atoms with Crippen molar-refractivity contribution in [1.29, 1.82) is 0 Å². The van der Waals surface area contributed by atoms with E-state index in [2.05, 4.69) is 35.1 Å². The highest BCUT2D eigenvalue weighted by Gasteiger charge is 2.37. The molecule has 4 aromatic rings. The van der Waals surface area contributed by atoms with Crippen LogP contribution in [0.1, 0.15) is 76.3 Å². The van der Waals surface area contributed by atoms with Crippen LogP contribution in [0.2, 0.25) is 0 Å². The summed E-state index contributed by atoms with van der Waals surface area (Å²) in [7, 11) is 1.40. The fourth-order valence-electron chi connectivity index (χ4n) is 6.35. The van der Waals surface area contributed by atoms with Crippen LogP contribution in [0.15, 0.2) is 54.9 Å². The molecule has 10 nitrogen and oxygen atoms in total. The molecule has 3 aromatic heterocycles. The Bertz CT molecular complexity index is 1710. The highest BCUT2D eigenvalue weighted by Crippen LogP contribution is 2.41. The number of anilines is 1. The zero-order valence-electron chi connectivity index (χ0n) is 27.2. The first kappa shape index (κ1) is 30.8. The minimum absolute atomic E-state index is 0.198. The molecule has 45 heavy (non-hydrogen) atoms. The van der Waals surface area contributed by atoms with Crippen molar-refractivity contribution in [3.05, 3.63) is 71.7 Å². The first-order valence-corrected chi connectivity index (χ1v) is 15.8. The maximum atomic E-state index is 13.3. The number of allylic oxidation sites excluding steroid dienone is 1. The van der Waals surface area contributed by atoms with Crippen molar-refractivity contribution in [2.75, 3.05) is 31.7 Å². The van der Waals surface area contributed by atoms with Crippen LogP contribution in [0.5, 0.6) is 5.75 Å². The van der Waals surface area contributed by atoms with Crippen LogP contribution < -0.4 is 9.64 Å². The fourth-order valence-corrected chi connectivity index (χ4v) is 6.35. The predicted molar refractivity (Wildman–Crippen MR) is 174 cm³/mol. The third-order valence-electron chi connectivity index (χ3n) is 8.87. The predicted octanol–water partition coefficient (Wildman–Crippen LogP) is 6.31. The van der Waals surface area contributed by atoms with Crippen molar-refractivity contribution in [3.63, 3.8) is 0 Å². The molecule has 0 saturated carbocycles. The normalized spacial score (nSPS) is 17.6. The van der Waals surface area contributed by atoms with E-state index in [9.17, 15) is 4.79 Å². The number of carbonyl (C=O) groups is 1. The van der Waals surface area contributed by atoms with E-state index in [-0.39, 0.29) is 5.41 Å². The first-order valence-electron chi connectivity index (χ1n) is 15.8. The Balaban J connectivity index is 1.49. The van der Waals surface area contributed by atoms with Crippen LogP contribution in [0, 0.1) is 12.3 Å². The monoisotopic (exact) mass is 612 g/mol. The largest absolute Gasteiger partial charge is 0.489 e. The van der Waals surface area contributed by atoms with Crippen LogP contribution in [0.25, 0.3) is 16.9 Å². The Morgan fingerprint density at radius 1 is 1.11 bits per heavy atom. The van der Waals surface area contributed by atoms with Gasteiger partial charge >= 0.3 is 5.97 Å². The zero-order valence-corrected chi connectivity index (χ0v) is 27.2. The zero-order chi connectivity index (χ0) is 31.8. The second-order valence-electron chi connectivity index (χ2n) is 13.5. The van der Waals surface area contributed by atoms with Crippen LogP contribution in [-0.4, -0.2) is 62.8 Å². The standard InChI is InChI=1S/C35H44N6O4/c1-24-30(31(33(42)43-6)45-34(2,3)4)32-39-17-15-35(5,16-18-39)14-10-7-11-19-44-28-13-9-8-12-25(28)22-40-23-26(21-36-40)27-20-29(37-24)41(32)38-27/h7-9,11-13,20-21,23,31H,10,14-19,22H2,1-6H3. The van der Waals surface area contributed by atoms with Crippen LogP contribution in [-0.2, 0) is 20.8 Å². The van der Waals surface area contributed by atoms with Gasteiger partial charge < -0.3 is 19.1 Å². The van der Waals surface area contributed by atoms with Crippen LogP contribution >= 0.6 is 0 Å². The number of hydrogen-bond acceptors (Lipinski definition) is 8. The smallest absolute Gasteiger partial charge is 0.339 e. The van der Waals surface area contributed by atoms with Crippen LogP contribution in [0.4, 0.5) is 5.82 Å². The Morgan fingerprint density at radius 3 is 2.64 bits per heavy atom. The number of piperidine rings is 1. The SMILES string of the molecule is COC(=O)C(OC(C)(C)C)c1c(C)nc2cc3nn2c1N1CCC(C)(CCC=CCOc2ccccc2Cn2cc-3cn2)CC1. The lowest BCUT2D eigenvalue weighted by molar-refractivity contribution is -0.164. The van der Waals surface area contributed by atoms with Crippen molar-refractivity contribution in [3.8, 4) is 17.0 Å². The molecular formula is C35H44N6O4. The first-order chi connectivity index (χ1) is 21.5. The molecule has 0 aliphatic carbocycles. The molecule has 1 atom stereocenters. The maximum absolute atomic E-state index is 13.3. The molecule has 0 spiro atoms. The van der Waals surface area contributed by atoms with Crippen molar-refractivity contribution >= 4 is 17.4 Å². The molecule has 1 aromatic carbocycles. The third-order valence-corrected chi connectivity index (χ3v) is 8.87. The summed E-state index contributed by atoms with van der Waals surface area (Å²) in [6.07, 6.45) is 11.3. The number of hydrogen-bond donors (Lipinski definition) is 0. The highest BCUT2D eigenvalue weighted by molar-refractivity contribution is 5.80. The summed E-state index contributed by atoms with van der Waals surface area (Å²) < 4.78 is 21.6. The van der Waals surface area contributed by atoms with E-state index < -0.39 is 17.7 Å². The summed E-state index contributed by atoms with van der Waals surface area (Å²) in [5.74, 6) is 1.23. The quantitative estimate of drug-likeness (QED) is 0.196. The number of carbonyl (C=O) groups excluding carboxylic acids is 1. The molecule has 7 rings (SSSR count). The number of nitrogens with zero attached hydrogens (tertiary/aromatic N) is 6. The number of methoxy groups -OCH3 is 1. The van der Waals surface area contributed by atoms with Gasteiger partial charge in [-0.3, -0.25) is 4.68 Å². The number of rotatable bonds is 3. The Morgan fingerprint density at radius 2 is 1.89 bits per heavy atom. The minimum Gasteiger partial charge on any atom is -0.489 e. The Kier molecular flexibility index (Phi) is 8.43. The van der Waals surface area contributed by atoms with E-state index in [0.29, 0.717) is 30.1 Å². The lowest BCUT2D eigenvalue weighted by atomic mass is 9.76. The average Bonchev–Trinajstić information content (AvgIpc) is 3.64. The van der Waals surface area contributed by atoms with Crippen molar-refractivity contribution in [2.24, 2.45) is 5.41 Å². The molecule has 0 radical (unpaired) electrons. The van der Waals surface area contributed by atoms with Crippen molar-refractivity contribution in [1.82, 2.24) is 24.4 Å². The molecule has 1 fully saturated rings. The summed E-state index contributed by atoms with van der Waals surface area (Å²) in [5, 5.41) is 9.75. The van der Waals surface area contributed by atoms with E-state index in [1.54, 1.807) is 0 Å². The average molecular weight is 613 g/mol. The number of para-hydroxylation sites is 1. The maximum Gasteiger partial charge on any atom is 0.339 e. The third kappa shape index (κ3) is 6.61. The molecule has 10 heteroatoms. The van der Waals surface area contributed by atoms with E-state index in [4.69, 9.17) is 24.3 Å². The minimum atomic E-state index is -0.955. The number of ether oxygens (including phenoxy) is 3. The molecule has 6 bridgehead atoms. The Hall–Kier alpha value is -4.18. The second kappa shape index (κ2) is 12.3. The molecule has 3 aliphatic rings. The summed E-state index contributed by atoms with van der Waals surface area (Å²) in [6.45, 7) is 12.9. The van der Waals surface area contributed by atoms with Gasteiger partial charge in [-0.15, -0.1) is 0 Å². The summed E-state index contributed by atoms with van der Waals surface area (Å²) in [5.41, 5.74) is 4.40. The van der Waals surface area contributed by atoms with E-state index >= 15 is 0 Å². The molecule has 0 N–H and O–H groups in total. The van der Waals surface area contributed by atoms with Gasteiger partial charge in [-0.1, -0.05) is 37.3 Å². The van der Waals surface area contributed by atoms with E-state index in [1.807, 2.05) is 73.6 Å². The van der Waals surface area contributed by atoms with Gasteiger partial charge in [-0.2, -0.15) is 14.7 Å². The molecule has 238 valence electrons. The van der Waals surface area contributed by atoms with Gasteiger partial charge in [0.05, 0.1) is 36.7 Å².